The van der Waals surface area contributed by atoms with Gasteiger partial charge >= 0.3 is 7.60 Å². The van der Waals surface area contributed by atoms with Crippen molar-refractivity contribution < 1.29 is 14.4 Å². The molecule has 19 heavy (non-hydrogen) atoms. The Hall–Kier alpha value is -2.01. The maximum atomic E-state index is 10.3. The van der Waals surface area contributed by atoms with Crippen LogP contribution in [0.25, 0.3) is 10.9 Å². The van der Waals surface area contributed by atoms with E-state index in [1.54, 1.807) is 0 Å². The van der Waals surface area contributed by atoms with Crippen LogP contribution in [-0.2, 0) is 4.57 Å². The summed E-state index contributed by atoms with van der Waals surface area (Å²) in [6.07, 6.45) is 3.16. The smallest absolute Gasteiger partial charge is 0.320 e. The van der Waals surface area contributed by atoms with Crippen LogP contribution in [0.4, 0.5) is 0 Å². The number of pyridine rings is 1. The fourth-order valence-electron chi connectivity index (χ4n) is 1.43. The van der Waals surface area contributed by atoms with E-state index in [4.69, 9.17) is 9.79 Å². The molecule has 1 aromatic carbocycles. The van der Waals surface area contributed by atoms with E-state index < -0.39 is 7.60 Å². The summed E-state index contributed by atoms with van der Waals surface area (Å²) in [7, 11) is -4.11. The summed E-state index contributed by atoms with van der Waals surface area (Å²) >= 11 is 0. The molecule has 0 aliphatic heterocycles. The summed E-state index contributed by atoms with van der Waals surface area (Å²) in [5.74, 6) is 0. The van der Waals surface area contributed by atoms with Crippen molar-refractivity contribution in [2.75, 3.05) is 0 Å². The Kier molecular flexibility index (Phi) is 4.06. The first kappa shape index (κ1) is 13.4. The van der Waals surface area contributed by atoms with Crippen LogP contribution in [0, 0.1) is 0 Å². The molecular formula is C12H12N3O3P. The summed E-state index contributed by atoms with van der Waals surface area (Å²) in [6, 6.07) is 13.3. The van der Waals surface area contributed by atoms with Crippen LogP contribution < -0.4 is 5.44 Å². The van der Waals surface area contributed by atoms with E-state index in [9.17, 15) is 4.57 Å². The molecule has 0 spiro atoms. The van der Waals surface area contributed by atoms with Gasteiger partial charge in [0, 0.05) is 17.8 Å². The zero-order valence-corrected chi connectivity index (χ0v) is 10.7. The summed E-state index contributed by atoms with van der Waals surface area (Å²) in [4.78, 5) is 21.0. The molecule has 0 radical (unpaired) electrons. The number of hydrogen-bond acceptors (Lipinski definition) is 3. The van der Waals surface area contributed by atoms with Gasteiger partial charge in [-0.3, -0.25) is 14.6 Å². The average molecular weight is 277 g/mol. The monoisotopic (exact) mass is 277 g/mol. The van der Waals surface area contributed by atoms with Gasteiger partial charge in [-0.15, -0.1) is 0 Å². The predicted molar refractivity (Wildman–Crippen MR) is 72.0 cm³/mol. The minimum atomic E-state index is -4.11. The molecule has 0 saturated carbocycles. The number of benzene rings is 1. The zero-order chi connectivity index (χ0) is 13.7. The molecular weight excluding hydrogens is 265 g/mol. The molecule has 3 aromatic rings. The first-order valence-corrected chi connectivity index (χ1v) is 7.04. The molecule has 7 heteroatoms. The largest absolute Gasteiger partial charge is 0.376 e. The lowest BCUT2D eigenvalue weighted by Crippen LogP contribution is -2.03. The number of aromatic nitrogens is 3. The lowest BCUT2D eigenvalue weighted by atomic mass is 10.2. The Balaban J connectivity index is 0.000000141. The first-order valence-electron chi connectivity index (χ1n) is 5.43. The highest BCUT2D eigenvalue weighted by atomic mass is 31.2. The van der Waals surface area contributed by atoms with Crippen LogP contribution in [0.15, 0.2) is 54.9 Å². The van der Waals surface area contributed by atoms with Gasteiger partial charge in [0.25, 0.3) is 0 Å². The number of nitrogens with one attached hydrogen (secondary N) is 1. The van der Waals surface area contributed by atoms with Crippen molar-refractivity contribution in [1.29, 1.82) is 0 Å². The Bertz CT molecular complexity index is 629. The summed E-state index contributed by atoms with van der Waals surface area (Å²) in [5.41, 5.74) is 0.840. The highest BCUT2D eigenvalue weighted by Crippen LogP contribution is 2.31. The Morgan fingerprint density at radius 1 is 1.05 bits per heavy atom. The second-order valence-electron chi connectivity index (χ2n) is 3.67. The van der Waals surface area contributed by atoms with Gasteiger partial charge in [0.2, 0.25) is 0 Å². The van der Waals surface area contributed by atoms with E-state index in [0.717, 1.165) is 5.52 Å². The standard InChI is InChI=1S/C9H7N.C3H5N2O3P/c1-2-6-9-8(4-1)5-3-7-10-9;6-9(7,8)3-1-2-4-5-3/h1-7H;1-2H,(H,4,5)(H2,6,7,8). The molecule has 98 valence electrons. The van der Waals surface area contributed by atoms with Crippen molar-refractivity contribution in [3.05, 3.63) is 54.9 Å². The molecule has 0 saturated heterocycles. The van der Waals surface area contributed by atoms with Gasteiger partial charge in [0.1, 0.15) is 0 Å². The number of para-hydroxylation sites is 1. The lowest BCUT2D eigenvalue weighted by molar-refractivity contribution is 0.386. The minimum absolute atomic E-state index is 0.220. The second kappa shape index (κ2) is 5.75. The van der Waals surface area contributed by atoms with Gasteiger partial charge in [0.15, 0.2) is 5.44 Å². The van der Waals surface area contributed by atoms with E-state index in [-0.39, 0.29) is 5.44 Å². The van der Waals surface area contributed by atoms with Gasteiger partial charge in [-0.2, -0.15) is 5.10 Å². The van der Waals surface area contributed by atoms with E-state index in [1.807, 2.05) is 30.5 Å². The number of aromatic amines is 1. The van der Waals surface area contributed by atoms with E-state index >= 15 is 0 Å². The molecule has 0 bridgehead atoms. The average Bonchev–Trinajstić information content (AvgIpc) is 2.93. The van der Waals surface area contributed by atoms with Crippen LogP contribution in [0.1, 0.15) is 0 Å². The molecule has 0 fully saturated rings. The SMILES string of the molecule is O=P(O)(O)c1cc[nH]n1.c1ccc2ncccc2c1. The van der Waals surface area contributed by atoms with E-state index in [0.29, 0.717) is 0 Å². The van der Waals surface area contributed by atoms with Crippen LogP contribution >= 0.6 is 7.60 Å². The Morgan fingerprint density at radius 3 is 2.37 bits per heavy atom. The van der Waals surface area contributed by atoms with E-state index in [2.05, 4.69) is 27.3 Å². The van der Waals surface area contributed by atoms with Crippen molar-refractivity contribution in [3.63, 3.8) is 0 Å². The van der Waals surface area contributed by atoms with Crippen molar-refractivity contribution >= 4 is 23.9 Å². The van der Waals surface area contributed by atoms with Crippen LogP contribution in [-0.4, -0.2) is 25.0 Å². The third-order valence-electron chi connectivity index (χ3n) is 2.30. The number of fused-ring (bicyclic) bond motifs is 1. The highest BCUT2D eigenvalue weighted by molar-refractivity contribution is 7.60. The third-order valence-corrected chi connectivity index (χ3v) is 3.14. The summed E-state index contributed by atoms with van der Waals surface area (Å²) < 4.78 is 10.3. The molecule has 6 nitrogen and oxygen atoms in total. The van der Waals surface area contributed by atoms with Crippen LogP contribution in [0.3, 0.4) is 0 Å². The number of nitrogens with zero attached hydrogens (tertiary/aromatic N) is 2. The van der Waals surface area contributed by atoms with Gasteiger partial charge in [0.05, 0.1) is 5.52 Å². The maximum Gasteiger partial charge on any atom is 0.376 e. The molecule has 2 aromatic heterocycles. The summed E-state index contributed by atoms with van der Waals surface area (Å²) in [5, 5.41) is 6.79. The first-order chi connectivity index (χ1) is 9.07. The van der Waals surface area contributed by atoms with Crippen molar-refractivity contribution in [2.45, 2.75) is 0 Å². The number of rotatable bonds is 1. The highest BCUT2D eigenvalue weighted by Gasteiger charge is 2.18. The molecule has 3 N–H and O–H groups in total. The van der Waals surface area contributed by atoms with Gasteiger partial charge < -0.3 is 9.79 Å². The van der Waals surface area contributed by atoms with Crippen molar-refractivity contribution in [1.82, 2.24) is 15.2 Å². The van der Waals surface area contributed by atoms with Crippen LogP contribution in [0.2, 0.25) is 0 Å². The predicted octanol–water partition coefficient (Wildman–Crippen LogP) is 1.45. The molecule has 0 aliphatic carbocycles. The molecule has 3 rings (SSSR count). The molecule has 0 atom stereocenters. The fraction of sp³-hybridized carbons (Fsp3) is 0. The molecule has 0 aliphatic rings. The Morgan fingerprint density at radius 2 is 1.79 bits per heavy atom. The van der Waals surface area contributed by atoms with Gasteiger partial charge in [-0.25, -0.2) is 0 Å². The lowest BCUT2D eigenvalue weighted by Gasteiger charge is -1.94. The third kappa shape index (κ3) is 3.72. The van der Waals surface area contributed by atoms with Gasteiger partial charge in [-0.05, 0) is 18.2 Å². The molecule has 0 unspecified atom stereocenters. The second-order valence-corrected chi connectivity index (χ2v) is 5.22. The topological polar surface area (TPSA) is 99.1 Å². The maximum absolute atomic E-state index is 10.3. The van der Waals surface area contributed by atoms with Gasteiger partial charge in [-0.1, -0.05) is 24.3 Å². The van der Waals surface area contributed by atoms with Crippen molar-refractivity contribution in [3.8, 4) is 0 Å². The fourth-order valence-corrected chi connectivity index (χ4v) is 1.89. The number of hydrogen-bond donors (Lipinski definition) is 3. The summed E-state index contributed by atoms with van der Waals surface area (Å²) in [6.45, 7) is 0. The molecule has 2 heterocycles. The Labute approximate surface area is 109 Å². The normalized spacial score (nSPS) is 10.8. The van der Waals surface area contributed by atoms with E-state index in [1.165, 1.54) is 17.6 Å². The zero-order valence-electron chi connectivity index (χ0n) is 9.84. The number of H-pyrrole nitrogens is 1. The minimum Gasteiger partial charge on any atom is -0.320 e. The van der Waals surface area contributed by atoms with Crippen LogP contribution in [0.5, 0.6) is 0 Å². The van der Waals surface area contributed by atoms with Crippen molar-refractivity contribution in [2.24, 2.45) is 0 Å². The quantitative estimate of drug-likeness (QED) is 0.585. The molecule has 0 amide bonds.